The molecule has 1 atom stereocenters. The average Bonchev–Trinajstić information content (AvgIpc) is 3.73. The minimum atomic E-state index is -1.14. The zero-order valence-electron chi connectivity index (χ0n) is 24.0. The summed E-state index contributed by atoms with van der Waals surface area (Å²) in [5.74, 6) is 0.525. The summed E-state index contributed by atoms with van der Waals surface area (Å²) in [6, 6.07) is 15.5. The standard InChI is InChI=1S/C31H31ClN6O6/c1-42-26-16-20(8-12-24(26)39)29(31(41)33-22-4-2-3-5-22)38(23-11-13-25-27(17-23)44-15-14-43-25)28(40)18-37-35-30(34-36-37)19-6-9-21(32)10-7-19/h6-13,16-17,22,29,39H,2-5,14-15,18H2,1H3,(H,33,41)/t29-/m1/s1. The number of hydrogen-bond donors (Lipinski definition) is 2. The molecule has 4 aromatic rings. The molecule has 2 N–H and O–H groups in total. The van der Waals surface area contributed by atoms with Gasteiger partial charge in [-0.1, -0.05) is 30.5 Å². The van der Waals surface area contributed by atoms with Crippen molar-refractivity contribution in [2.75, 3.05) is 25.2 Å². The highest BCUT2D eigenvalue weighted by Crippen LogP contribution is 2.39. The Bertz CT molecular complexity index is 1660. The van der Waals surface area contributed by atoms with Crippen LogP contribution in [0, 0.1) is 0 Å². The van der Waals surface area contributed by atoms with E-state index in [-0.39, 0.29) is 30.0 Å². The van der Waals surface area contributed by atoms with Crippen molar-refractivity contribution < 1.29 is 28.9 Å². The fraction of sp³-hybridized carbons (Fsp3) is 0.323. The maximum Gasteiger partial charge on any atom is 0.251 e. The highest BCUT2D eigenvalue weighted by molar-refractivity contribution is 6.30. The van der Waals surface area contributed by atoms with E-state index < -0.39 is 11.9 Å². The molecule has 0 bridgehead atoms. The van der Waals surface area contributed by atoms with E-state index in [1.54, 1.807) is 54.6 Å². The van der Waals surface area contributed by atoms with Gasteiger partial charge >= 0.3 is 0 Å². The van der Waals surface area contributed by atoms with Crippen LogP contribution in [0.5, 0.6) is 23.0 Å². The van der Waals surface area contributed by atoms with Crippen LogP contribution in [0.2, 0.25) is 5.02 Å². The number of nitrogens with one attached hydrogen (secondary N) is 1. The number of methoxy groups -OCH3 is 1. The van der Waals surface area contributed by atoms with Crippen LogP contribution in [-0.2, 0) is 16.1 Å². The quantitative estimate of drug-likeness (QED) is 0.281. The molecule has 1 saturated carbocycles. The van der Waals surface area contributed by atoms with E-state index in [1.165, 1.54) is 22.9 Å². The van der Waals surface area contributed by atoms with Crippen LogP contribution >= 0.6 is 11.6 Å². The molecule has 1 aliphatic heterocycles. The summed E-state index contributed by atoms with van der Waals surface area (Å²) in [5.41, 5.74) is 1.52. The van der Waals surface area contributed by atoms with E-state index in [9.17, 15) is 14.7 Å². The SMILES string of the molecule is COc1cc([C@H](C(=O)NC2CCCC2)N(C(=O)Cn2nnc(-c3ccc(Cl)cc3)n2)c2ccc3c(c2)OCCO3)ccc1O. The number of anilines is 1. The Morgan fingerprint density at radius 2 is 1.82 bits per heavy atom. The number of ether oxygens (including phenoxy) is 3. The number of phenolic OH excluding ortho intramolecular Hbond substituents is 1. The lowest BCUT2D eigenvalue weighted by Crippen LogP contribution is -2.47. The van der Waals surface area contributed by atoms with Crippen molar-refractivity contribution in [1.29, 1.82) is 0 Å². The number of phenols is 1. The Morgan fingerprint density at radius 1 is 1.07 bits per heavy atom. The number of rotatable bonds is 9. The smallest absolute Gasteiger partial charge is 0.251 e. The Hall–Kier alpha value is -4.84. The molecule has 2 heterocycles. The van der Waals surface area contributed by atoms with Gasteiger partial charge < -0.3 is 24.6 Å². The summed E-state index contributed by atoms with van der Waals surface area (Å²) >= 11 is 6.01. The van der Waals surface area contributed by atoms with Crippen LogP contribution in [0.3, 0.4) is 0 Å². The number of amides is 2. The molecule has 1 aromatic heterocycles. The summed E-state index contributed by atoms with van der Waals surface area (Å²) in [7, 11) is 1.42. The predicted octanol–water partition coefficient (Wildman–Crippen LogP) is 4.31. The fourth-order valence-corrected chi connectivity index (χ4v) is 5.60. The lowest BCUT2D eigenvalue weighted by atomic mass is 10.0. The third-order valence-electron chi connectivity index (χ3n) is 7.63. The van der Waals surface area contributed by atoms with Gasteiger partial charge in [0.1, 0.15) is 25.8 Å². The second-order valence-electron chi connectivity index (χ2n) is 10.6. The number of aromatic nitrogens is 4. The summed E-state index contributed by atoms with van der Waals surface area (Å²) in [5, 5.41) is 26.6. The highest BCUT2D eigenvalue weighted by atomic mass is 35.5. The van der Waals surface area contributed by atoms with Crippen LogP contribution in [0.1, 0.15) is 37.3 Å². The van der Waals surface area contributed by atoms with Gasteiger partial charge in [0.15, 0.2) is 23.0 Å². The van der Waals surface area contributed by atoms with E-state index in [2.05, 4.69) is 20.7 Å². The minimum Gasteiger partial charge on any atom is -0.504 e. The largest absolute Gasteiger partial charge is 0.504 e. The number of aromatic hydroxyl groups is 1. The first-order valence-corrected chi connectivity index (χ1v) is 14.7. The Balaban J connectivity index is 1.40. The first-order chi connectivity index (χ1) is 21.4. The number of fused-ring (bicyclic) bond motifs is 1. The number of halogens is 1. The minimum absolute atomic E-state index is 0.0138. The number of carbonyl (C=O) groups is 2. The van der Waals surface area contributed by atoms with Crippen LogP contribution in [0.15, 0.2) is 60.7 Å². The van der Waals surface area contributed by atoms with Gasteiger partial charge in [0.2, 0.25) is 11.7 Å². The zero-order chi connectivity index (χ0) is 30.6. The first-order valence-electron chi connectivity index (χ1n) is 14.3. The second kappa shape index (κ2) is 12.8. The van der Waals surface area contributed by atoms with Gasteiger partial charge in [-0.25, -0.2) is 0 Å². The Morgan fingerprint density at radius 3 is 2.57 bits per heavy atom. The van der Waals surface area contributed by atoms with Crippen molar-refractivity contribution in [3.63, 3.8) is 0 Å². The normalized spacial score (nSPS) is 15.0. The maximum atomic E-state index is 14.3. The van der Waals surface area contributed by atoms with Gasteiger partial charge in [0.05, 0.1) is 7.11 Å². The van der Waals surface area contributed by atoms with E-state index in [0.717, 1.165) is 25.7 Å². The molecule has 0 unspecified atom stereocenters. The van der Waals surface area contributed by atoms with Gasteiger partial charge in [-0.15, -0.1) is 10.2 Å². The molecule has 12 nitrogen and oxygen atoms in total. The van der Waals surface area contributed by atoms with Crippen molar-refractivity contribution in [2.24, 2.45) is 0 Å². The van der Waals surface area contributed by atoms with Gasteiger partial charge in [-0.2, -0.15) is 4.80 Å². The monoisotopic (exact) mass is 618 g/mol. The summed E-state index contributed by atoms with van der Waals surface area (Å²) in [6.07, 6.45) is 3.74. The van der Waals surface area contributed by atoms with E-state index in [0.29, 0.717) is 52.4 Å². The van der Waals surface area contributed by atoms with Crippen molar-refractivity contribution in [3.8, 4) is 34.4 Å². The van der Waals surface area contributed by atoms with Gasteiger partial charge in [0, 0.05) is 28.4 Å². The molecule has 0 spiro atoms. The van der Waals surface area contributed by atoms with Crippen LogP contribution in [0.25, 0.3) is 11.4 Å². The molecule has 6 rings (SSSR count). The number of tetrazole rings is 1. The molecule has 13 heteroatoms. The number of nitrogens with zero attached hydrogens (tertiary/aromatic N) is 5. The van der Waals surface area contributed by atoms with Crippen molar-refractivity contribution in [2.45, 2.75) is 44.3 Å². The molecule has 1 fully saturated rings. The number of carbonyl (C=O) groups excluding carboxylic acids is 2. The van der Waals surface area contributed by atoms with Crippen molar-refractivity contribution >= 4 is 29.1 Å². The Labute approximate surface area is 258 Å². The molecule has 2 aliphatic rings. The Kier molecular flexibility index (Phi) is 8.51. The van der Waals surface area contributed by atoms with Crippen LogP contribution < -0.4 is 24.4 Å². The molecule has 1 aliphatic carbocycles. The van der Waals surface area contributed by atoms with E-state index in [1.807, 2.05) is 0 Å². The molecule has 44 heavy (non-hydrogen) atoms. The molecular formula is C31H31ClN6O6. The van der Waals surface area contributed by atoms with E-state index >= 15 is 0 Å². The summed E-state index contributed by atoms with van der Waals surface area (Å²) < 4.78 is 16.9. The van der Waals surface area contributed by atoms with Crippen LogP contribution in [-0.4, -0.2) is 63.5 Å². The summed E-state index contributed by atoms with van der Waals surface area (Å²) in [4.78, 5) is 31.0. The van der Waals surface area contributed by atoms with Crippen molar-refractivity contribution in [3.05, 3.63) is 71.2 Å². The average molecular weight is 619 g/mol. The number of benzene rings is 3. The van der Waals surface area contributed by atoms with Gasteiger partial charge in [0.25, 0.3) is 5.91 Å². The van der Waals surface area contributed by atoms with Crippen molar-refractivity contribution in [1.82, 2.24) is 25.5 Å². The lowest BCUT2D eigenvalue weighted by molar-refractivity contribution is -0.127. The second-order valence-corrected chi connectivity index (χ2v) is 11.0. The third-order valence-corrected chi connectivity index (χ3v) is 7.88. The first kappa shape index (κ1) is 29.2. The lowest BCUT2D eigenvalue weighted by Gasteiger charge is -2.33. The third kappa shape index (κ3) is 6.25. The molecular weight excluding hydrogens is 588 g/mol. The topological polar surface area (TPSA) is 141 Å². The predicted molar refractivity (Wildman–Crippen MR) is 161 cm³/mol. The molecule has 2 amide bonds. The molecule has 3 aromatic carbocycles. The molecule has 228 valence electrons. The summed E-state index contributed by atoms with van der Waals surface area (Å²) in [6.45, 7) is 0.432. The van der Waals surface area contributed by atoms with E-state index in [4.69, 9.17) is 25.8 Å². The molecule has 0 saturated heterocycles. The fourth-order valence-electron chi connectivity index (χ4n) is 5.47. The zero-order valence-corrected chi connectivity index (χ0v) is 24.7. The van der Waals surface area contributed by atoms with Gasteiger partial charge in [-0.05, 0) is 72.1 Å². The van der Waals surface area contributed by atoms with Gasteiger partial charge in [-0.3, -0.25) is 14.5 Å². The molecule has 0 radical (unpaired) electrons. The maximum absolute atomic E-state index is 14.3. The van der Waals surface area contributed by atoms with Crippen LogP contribution in [0.4, 0.5) is 5.69 Å². The highest BCUT2D eigenvalue weighted by Gasteiger charge is 2.36. The number of hydrogen-bond acceptors (Lipinski definition) is 9.